The molecule has 4 rings (SSSR count). The second kappa shape index (κ2) is 10.3. The third-order valence-corrected chi connectivity index (χ3v) is 8.87. The summed E-state index contributed by atoms with van der Waals surface area (Å²) in [5.41, 5.74) is -0.495. The second-order valence-corrected chi connectivity index (χ2v) is 13.2. The Morgan fingerprint density at radius 1 is 1.11 bits per heavy atom. The van der Waals surface area contributed by atoms with Crippen LogP contribution in [0.5, 0.6) is 0 Å². The molecule has 3 heterocycles. The summed E-state index contributed by atoms with van der Waals surface area (Å²) < 4.78 is 39.1. The molecule has 0 atom stereocenters. The molecule has 204 valence electrons. The number of halogens is 1. The van der Waals surface area contributed by atoms with Gasteiger partial charge in [-0.1, -0.05) is 17.7 Å². The largest absolute Gasteiger partial charge is 0.469 e. The van der Waals surface area contributed by atoms with E-state index in [-0.39, 0.29) is 17.0 Å². The van der Waals surface area contributed by atoms with Crippen LogP contribution in [0.15, 0.2) is 46.2 Å². The number of nitrogens with zero attached hydrogens (tertiary/aromatic N) is 4. The van der Waals surface area contributed by atoms with Crippen molar-refractivity contribution in [2.45, 2.75) is 57.5 Å². The number of ether oxygens (including phenoxy) is 2. The number of anilines is 1. The number of aromatic nitrogens is 3. The summed E-state index contributed by atoms with van der Waals surface area (Å²) in [6.45, 7) is 8.02. The second-order valence-electron chi connectivity index (χ2n) is 10.5. The van der Waals surface area contributed by atoms with Crippen molar-refractivity contribution in [2.24, 2.45) is 5.41 Å². The molecule has 0 amide bonds. The number of benzene rings is 1. The zero-order chi connectivity index (χ0) is 27.9. The molecule has 0 unspecified atom stereocenters. The van der Waals surface area contributed by atoms with Crippen LogP contribution in [0.4, 0.5) is 5.82 Å². The molecule has 0 N–H and O–H groups in total. The number of methoxy groups -OCH3 is 1. The summed E-state index contributed by atoms with van der Waals surface area (Å²) in [7, 11) is -2.59. The first-order valence-corrected chi connectivity index (χ1v) is 14.4. The maximum Gasteiger partial charge on any atom is 0.312 e. The van der Waals surface area contributed by atoms with Crippen molar-refractivity contribution in [3.8, 4) is 0 Å². The molecule has 3 aromatic rings. The summed E-state index contributed by atoms with van der Waals surface area (Å²) in [5, 5.41) is 0.542. The molecule has 1 aliphatic heterocycles. The zero-order valence-corrected chi connectivity index (χ0v) is 24.4. The van der Waals surface area contributed by atoms with E-state index in [1.54, 1.807) is 45.0 Å². The average molecular weight is 608 g/mol. The lowest BCUT2D eigenvalue weighted by atomic mass is 9.75. The fraction of sp³-hybridized carbons (Fsp3) is 0.462. The van der Waals surface area contributed by atoms with Gasteiger partial charge in [-0.05, 0) is 68.6 Å². The van der Waals surface area contributed by atoms with Crippen molar-refractivity contribution in [3.05, 3.63) is 46.8 Å². The third kappa shape index (κ3) is 5.42. The van der Waals surface area contributed by atoms with Crippen molar-refractivity contribution < 1.29 is 27.5 Å². The van der Waals surface area contributed by atoms with Gasteiger partial charge in [0, 0.05) is 23.8 Å². The predicted molar refractivity (Wildman–Crippen MR) is 145 cm³/mol. The lowest BCUT2D eigenvalue weighted by Crippen LogP contribution is -2.47. The van der Waals surface area contributed by atoms with Crippen LogP contribution < -0.4 is 4.90 Å². The van der Waals surface area contributed by atoms with Crippen molar-refractivity contribution in [1.29, 1.82) is 0 Å². The van der Waals surface area contributed by atoms with E-state index in [9.17, 15) is 18.0 Å². The molecule has 0 aliphatic carbocycles. The molecule has 0 radical (unpaired) electrons. The highest BCUT2D eigenvalue weighted by Crippen LogP contribution is 2.41. The summed E-state index contributed by atoms with van der Waals surface area (Å²) in [6.07, 6.45) is 3.39. The molecule has 0 spiro atoms. The van der Waals surface area contributed by atoms with Gasteiger partial charge in [0.25, 0.3) is 10.0 Å². The Morgan fingerprint density at radius 3 is 2.32 bits per heavy atom. The SMILES string of the molecule is COC(=O)C1(CC(=O)OC(C)(C)C)CCN(c2ncnc3c2c(Br)cn3S(=O)(=O)c2ccc(C)cc2)CC1. The summed E-state index contributed by atoms with van der Waals surface area (Å²) in [5.74, 6) is -0.371. The maximum absolute atomic E-state index is 13.4. The van der Waals surface area contributed by atoms with Gasteiger partial charge in [-0.25, -0.2) is 22.4 Å². The molecule has 10 nitrogen and oxygen atoms in total. The van der Waals surface area contributed by atoms with Crippen LogP contribution in [0.2, 0.25) is 0 Å². The first-order valence-electron chi connectivity index (χ1n) is 12.2. The highest BCUT2D eigenvalue weighted by molar-refractivity contribution is 9.10. The van der Waals surface area contributed by atoms with Crippen LogP contribution in [0, 0.1) is 12.3 Å². The van der Waals surface area contributed by atoms with Gasteiger partial charge < -0.3 is 14.4 Å². The summed E-state index contributed by atoms with van der Waals surface area (Å²) in [4.78, 5) is 36.3. The molecule has 1 fully saturated rings. The molecular formula is C26H31BrN4O6S. The maximum atomic E-state index is 13.4. The number of piperidine rings is 1. The van der Waals surface area contributed by atoms with Crippen LogP contribution in [0.25, 0.3) is 11.0 Å². The minimum absolute atomic E-state index is 0.0845. The van der Waals surface area contributed by atoms with E-state index in [4.69, 9.17) is 9.47 Å². The number of aryl methyl sites for hydroxylation is 1. The van der Waals surface area contributed by atoms with Gasteiger partial charge in [0.1, 0.15) is 17.7 Å². The first-order chi connectivity index (χ1) is 17.8. The van der Waals surface area contributed by atoms with E-state index in [0.29, 0.717) is 41.6 Å². The van der Waals surface area contributed by atoms with Crippen molar-refractivity contribution in [2.75, 3.05) is 25.1 Å². The van der Waals surface area contributed by atoms with Crippen LogP contribution in [-0.4, -0.2) is 60.1 Å². The number of carbonyl (C=O) groups excluding carboxylic acids is 2. The highest BCUT2D eigenvalue weighted by atomic mass is 79.9. The minimum atomic E-state index is -3.91. The molecule has 38 heavy (non-hydrogen) atoms. The van der Waals surface area contributed by atoms with Gasteiger partial charge in [-0.2, -0.15) is 0 Å². The number of rotatable bonds is 6. The first kappa shape index (κ1) is 28.0. The Kier molecular flexibility index (Phi) is 7.59. The van der Waals surface area contributed by atoms with Gasteiger partial charge in [0.2, 0.25) is 0 Å². The van der Waals surface area contributed by atoms with Crippen LogP contribution in [-0.2, 0) is 29.1 Å². The lowest BCUT2D eigenvalue weighted by Gasteiger charge is -2.40. The Balaban J connectivity index is 1.65. The molecule has 1 aromatic carbocycles. The summed E-state index contributed by atoms with van der Waals surface area (Å²) in [6, 6.07) is 6.61. The minimum Gasteiger partial charge on any atom is -0.469 e. The van der Waals surface area contributed by atoms with E-state index in [0.717, 1.165) is 9.54 Å². The number of hydrogen-bond donors (Lipinski definition) is 0. The standard InChI is InChI=1S/C26H31BrN4O6S/c1-17-6-8-18(9-7-17)38(34,35)31-15-19(27)21-22(28-16-29-23(21)31)30-12-10-26(11-13-30,24(33)36-5)14-20(32)37-25(2,3)4/h6-9,15-16H,10-14H2,1-5H3. The van der Waals surface area contributed by atoms with Gasteiger partial charge >= 0.3 is 11.9 Å². The zero-order valence-electron chi connectivity index (χ0n) is 22.0. The smallest absolute Gasteiger partial charge is 0.312 e. The lowest BCUT2D eigenvalue weighted by molar-refractivity contribution is -0.167. The molecule has 0 bridgehead atoms. The van der Waals surface area contributed by atoms with Gasteiger partial charge in [0.15, 0.2) is 5.65 Å². The van der Waals surface area contributed by atoms with E-state index >= 15 is 0 Å². The third-order valence-electron chi connectivity index (χ3n) is 6.60. The molecular weight excluding hydrogens is 576 g/mol. The van der Waals surface area contributed by atoms with Crippen molar-refractivity contribution >= 4 is 54.7 Å². The van der Waals surface area contributed by atoms with Gasteiger partial charge in [0.05, 0.1) is 29.2 Å². The van der Waals surface area contributed by atoms with Crippen LogP contribution >= 0.6 is 15.9 Å². The molecule has 1 saturated heterocycles. The fourth-order valence-electron chi connectivity index (χ4n) is 4.69. The fourth-order valence-corrected chi connectivity index (χ4v) is 6.71. The quantitative estimate of drug-likeness (QED) is 0.379. The molecule has 12 heteroatoms. The number of hydrogen-bond acceptors (Lipinski definition) is 9. The van der Waals surface area contributed by atoms with Crippen molar-refractivity contribution in [1.82, 2.24) is 13.9 Å². The van der Waals surface area contributed by atoms with Gasteiger partial charge in [-0.15, -0.1) is 0 Å². The van der Waals surface area contributed by atoms with Crippen LogP contribution in [0.3, 0.4) is 0 Å². The number of fused-ring (bicyclic) bond motifs is 1. The number of carbonyl (C=O) groups is 2. The summed E-state index contributed by atoms with van der Waals surface area (Å²) >= 11 is 3.50. The van der Waals surface area contributed by atoms with E-state index in [1.807, 2.05) is 11.8 Å². The normalized spacial score (nSPS) is 15.9. The van der Waals surface area contributed by atoms with Crippen molar-refractivity contribution in [3.63, 3.8) is 0 Å². The topological polar surface area (TPSA) is 121 Å². The van der Waals surface area contributed by atoms with E-state index in [2.05, 4.69) is 25.9 Å². The number of esters is 2. The predicted octanol–water partition coefficient (Wildman–Crippen LogP) is 4.23. The monoisotopic (exact) mass is 606 g/mol. The Morgan fingerprint density at radius 2 is 1.74 bits per heavy atom. The Bertz CT molecular complexity index is 1470. The van der Waals surface area contributed by atoms with Gasteiger partial charge in [-0.3, -0.25) is 9.59 Å². The highest BCUT2D eigenvalue weighted by Gasteiger charge is 2.45. The Hall–Kier alpha value is -2.99. The molecule has 0 saturated carbocycles. The molecule has 2 aromatic heterocycles. The Labute approximate surface area is 230 Å². The average Bonchev–Trinajstić information content (AvgIpc) is 3.20. The van der Waals surface area contributed by atoms with Crippen LogP contribution in [0.1, 0.15) is 45.6 Å². The molecule has 1 aliphatic rings. The van der Waals surface area contributed by atoms with E-state index in [1.165, 1.54) is 19.6 Å². The van der Waals surface area contributed by atoms with E-state index < -0.39 is 33.0 Å².